The maximum absolute atomic E-state index is 5.21. The number of benzene rings is 2. The van der Waals surface area contributed by atoms with Crippen LogP contribution < -0.4 is 10.6 Å². The molecule has 2 N–H and O–H groups in total. The van der Waals surface area contributed by atoms with Crippen LogP contribution in [0.15, 0.2) is 90.0 Å². The molecule has 13 heteroatoms. The summed E-state index contributed by atoms with van der Waals surface area (Å²) < 4.78 is 6.00. The van der Waals surface area contributed by atoms with Crippen molar-refractivity contribution in [3.63, 3.8) is 0 Å². The highest BCUT2D eigenvalue weighted by Gasteiger charge is 2.31. The van der Waals surface area contributed by atoms with E-state index in [4.69, 9.17) is 19.9 Å². The molecule has 0 bridgehead atoms. The van der Waals surface area contributed by atoms with Gasteiger partial charge in [0.15, 0.2) is 5.82 Å². The first-order valence-corrected chi connectivity index (χ1v) is 18.1. The van der Waals surface area contributed by atoms with Crippen LogP contribution in [0.1, 0.15) is 71.2 Å². The molecule has 1 aliphatic rings. The summed E-state index contributed by atoms with van der Waals surface area (Å²) >= 11 is 0. The summed E-state index contributed by atoms with van der Waals surface area (Å²) in [4.78, 5) is 38.2. The molecule has 0 aliphatic carbocycles. The number of imidazole rings is 2. The Bertz CT molecular complexity index is 2790. The van der Waals surface area contributed by atoms with Crippen LogP contribution in [0, 0.1) is 0 Å². The predicted octanol–water partition coefficient (Wildman–Crippen LogP) is 8.20. The maximum Gasteiger partial charge on any atom is 0.240 e. The SMILES string of the molecule is C/C=C\N=C/Cc1cc2c(c(NC(C)(C)C)c1)C(c1nc3ncnc4nc(-n5cnc6cc(-n7ccnc7)cc(NC(C)(C)C)c65)c5ccc1c5n34)C=N2. The zero-order valence-corrected chi connectivity index (χ0v) is 31.4. The molecule has 0 saturated heterocycles. The minimum atomic E-state index is -0.222. The highest BCUT2D eigenvalue weighted by molar-refractivity contribution is 6.07. The third kappa shape index (κ3) is 5.72. The van der Waals surface area contributed by atoms with Gasteiger partial charge in [0.1, 0.15) is 12.7 Å². The molecule has 0 saturated carbocycles. The van der Waals surface area contributed by atoms with Crippen LogP contribution in [0.4, 0.5) is 17.1 Å². The van der Waals surface area contributed by atoms with Crippen molar-refractivity contribution in [2.45, 2.75) is 71.9 Å². The molecule has 0 spiro atoms. The molecule has 54 heavy (non-hydrogen) atoms. The van der Waals surface area contributed by atoms with E-state index in [1.54, 1.807) is 18.7 Å². The molecule has 9 rings (SSSR count). The van der Waals surface area contributed by atoms with Crippen molar-refractivity contribution < 1.29 is 0 Å². The third-order valence-corrected chi connectivity index (χ3v) is 9.37. The molecule has 13 nitrogen and oxygen atoms in total. The molecule has 5 aromatic heterocycles. The van der Waals surface area contributed by atoms with Crippen molar-refractivity contribution in [2.24, 2.45) is 9.98 Å². The number of fused-ring (bicyclic) bond motifs is 2. The lowest BCUT2D eigenvalue weighted by molar-refractivity contribution is 0.632. The Labute approximate surface area is 312 Å². The summed E-state index contributed by atoms with van der Waals surface area (Å²) in [7, 11) is 0. The lowest BCUT2D eigenvalue weighted by Gasteiger charge is -2.26. The molecular weight excluding hydrogens is 675 g/mol. The third-order valence-electron chi connectivity index (χ3n) is 9.37. The first kappa shape index (κ1) is 33.3. The Morgan fingerprint density at radius 3 is 2.39 bits per heavy atom. The molecule has 270 valence electrons. The van der Waals surface area contributed by atoms with Gasteiger partial charge in [-0.25, -0.2) is 29.3 Å². The average Bonchev–Trinajstić information content (AvgIpc) is 3.94. The van der Waals surface area contributed by atoms with Gasteiger partial charge in [-0.1, -0.05) is 12.1 Å². The lowest BCUT2D eigenvalue weighted by atomic mass is 9.91. The number of allylic oxidation sites excluding steroid dienone is 1. The summed E-state index contributed by atoms with van der Waals surface area (Å²) in [6, 6.07) is 12.8. The fraction of sp³-hybridized carbons (Fsp3) is 0.268. The Balaban J connectivity index is 1.24. The fourth-order valence-corrected chi connectivity index (χ4v) is 7.39. The Kier molecular flexibility index (Phi) is 7.59. The quantitative estimate of drug-likeness (QED) is 0.150. The van der Waals surface area contributed by atoms with Crippen molar-refractivity contribution in [2.75, 3.05) is 10.6 Å². The number of aromatic nitrogens is 9. The second kappa shape index (κ2) is 12.3. The summed E-state index contributed by atoms with van der Waals surface area (Å²) in [5.74, 6) is 1.53. The number of hydrogen-bond donors (Lipinski definition) is 2. The lowest BCUT2D eigenvalue weighted by Crippen LogP contribution is -2.27. The van der Waals surface area contributed by atoms with E-state index < -0.39 is 0 Å². The highest BCUT2D eigenvalue weighted by atomic mass is 15.2. The monoisotopic (exact) mass is 715 g/mol. The molecular formula is C41H41N13. The maximum atomic E-state index is 5.21. The first-order valence-electron chi connectivity index (χ1n) is 18.1. The van der Waals surface area contributed by atoms with Crippen molar-refractivity contribution in [3.05, 3.63) is 96.9 Å². The summed E-state index contributed by atoms with van der Waals surface area (Å²) in [6.45, 7) is 14.9. The van der Waals surface area contributed by atoms with Gasteiger partial charge in [-0.2, -0.15) is 4.98 Å². The first-order chi connectivity index (χ1) is 26.0. The van der Waals surface area contributed by atoms with Crippen molar-refractivity contribution in [1.82, 2.24) is 43.4 Å². The van der Waals surface area contributed by atoms with Crippen molar-refractivity contribution >= 4 is 68.4 Å². The van der Waals surface area contributed by atoms with Gasteiger partial charge in [0, 0.05) is 70.5 Å². The van der Waals surface area contributed by atoms with Crippen LogP contribution in [0.25, 0.3) is 50.4 Å². The van der Waals surface area contributed by atoms with Gasteiger partial charge in [0.05, 0.1) is 51.6 Å². The molecule has 0 amide bonds. The van der Waals surface area contributed by atoms with E-state index in [9.17, 15) is 0 Å². The van der Waals surface area contributed by atoms with Gasteiger partial charge < -0.3 is 15.2 Å². The second-order valence-electron chi connectivity index (χ2n) is 15.8. The number of rotatable bonds is 8. The smallest absolute Gasteiger partial charge is 0.240 e. The van der Waals surface area contributed by atoms with Crippen LogP contribution in [0.3, 0.4) is 0 Å². The topological polar surface area (TPSA) is 140 Å². The molecule has 3 aromatic carbocycles. The zero-order chi connectivity index (χ0) is 37.4. The van der Waals surface area contributed by atoms with Gasteiger partial charge in [0.25, 0.3) is 0 Å². The molecule has 0 radical (unpaired) electrons. The van der Waals surface area contributed by atoms with E-state index in [0.717, 1.165) is 72.7 Å². The molecule has 8 aromatic rings. The van der Waals surface area contributed by atoms with E-state index in [0.29, 0.717) is 18.0 Å². The van der Waals surface area contributed by atoms with Gasteiger partial charge in [-0.15, -0.1) is 0 Å². The Morgan fingerprint density at radius 2 is 1.63 bits per heavy atom. The summed E-state index contributed by atoms with van der Waals surface area (Å²) in [6.07, 6.45) is 17.2. The number of anilines is 2. The van der Waals surface area contributed by atoms with Crippen LogP contribution in [0.5, 0.6) is 0 Å². The van der Waals surface area contributed by atoms with Crippen LogP contribution in [0.2, 0.25) is 0 Å². The molecule has 1 atom stereocenters. The normalized spacial score (nSPS) is 15.0. The van der Waals surface area contributed by atoms with Gasteiger partial charge in [0.2, 0.25) is 11.6 Å². The number of hydrogen-bond acceptors (Lipinski definition) is 10. The predicted molar refractivity (Wildman–Crippen MR) is 217 cm³/mol. The van der Waals surface area contributed by atoms with Gasteiger partial charge >= 0.3 is 0 Å². The van der Waals surface area contributed by atoms with E-state index >= 15 is 0 Å². The number of nitrogens with one attached hydrogen (secondary N) is 2. The minimum absolute atomic E-state index is 0.184. The van der Waals surface area contributed by atoms with E-state index in [-0.39, 0.29) is 17.0 Å². The van der Waals surface area contributed by atoms with E-state index in [1.807, 2.05) is 46.9 Å². The summed E-state index contributed by atoms with van der Waals surface area (Å²) in [5, 5.41) is 9.42. The number of nitrogens with zero attached hydrogens (tertiary/aromatic N) is 11. The molecule has 6 heterocycles. The van der Waals surface area contributed by atoms with Crippen LogP contribution in [-0.4, -0.2) is 66.9 Å². The number of aliphatic imine (C=N–C) groups is 2. The van der Waals surface area contributed by atoms with E-state index in [2.05, 4.69) is 113 Å². The minimum Gasteiger partial charge on any atom is -0.380 e. The van der Waals surface area contributed by atoms with Crippen LogP contribution >= 0.6 is 0 Å². The zero-order valence-electron chi connectivity index (χ0n) is 31.4. The molecule has 1 aliphatic heterocycles. The molecule has 1 unspecified atom stereocenters. The molecule has 0 fully saturated rings. The second-order valence-corrected chi connectivity index (χ2v) is 15.8. The largest absolute Gasteiger partial charge is 0.380 e. The highest BCUT2D eigenvalue weighted by Crippen LogP contribution is 2.45. The standard InChI is InChI=1S/C41H41N13/c1-8-12-42-13-11-24-16-29-33(30(17-24)50-40(2,3)4)28(20-44-29)34-26-9-10-27-35(26)54-38(48-34)45-21-46-39(54)49-37(27)53-23-47-31-18-25(52-15-14-43-22-52)19-32(36(31)53)51-41(5,6)7/h8-10,12-23,28,50-51H,11H2,1-7H3/b12-8-,42-13-. The Hall–Kier alpha value is -6.50. The summed E-state index contributed by atoms with van der Waals surface area (Å²) in [5.41, 5.74) is 9.22. The van der Waals surface area contributed by atoms with Gasteiger partial charge in [-0.3, -0.25) is 14.6 Å². The fourth-order valence-electron chi connectivity index (χ4n) is 7.39. The van der Waals surface area contributed by atoms with E-state index in [1.165, 1.54) is 6.33 Å². The van der Waals surface area contributed by atoms with Crippen LogP contribution in [-0.2, 0) is 6.42 Å². The average molecular weight is 716 g/mol. The van der Waals surface area contributed by atoms with Crippen molar-refractivity contribution in [3.8, 4) is 11.5 Å². The van der Waals surface area contributed by atoms with Gasteiger partial charge in [-0.05, 0) is 84.4 Å². The van der Waals surface area contributed by atoms with Crippen molar-refractivity contribution in [1.29, 1.82) is 0 Å². The Morgan fingerprint density at radius 1 is 0.852 bits per heavy atom.